The monoisotopic (exact) mass is 212 g/mol. The van der Waals surface area contributed by atoms with Crippen LogP contribution >= 0.6 is 0 Å². The molecule has 0 bridgehead atoms. The number of esters is 1. The Morgan fingerprint density at radius 3 is 2.73 bits per heavy atom. The number of hydrogen-bond donors (Lipinski definition) is 0. The first-order valence-electron chi connectivity index (χ1n) is 5.25. The van der Waals surface area contributed by atoms with Gasteiger partial charge in [0.1, 0.15) is 0 Å². The first-order chi connectivity index (χ1) is 7.22. The van der Waals surface area contributed by atoms with Crippen molar-refractivity contribution >= 4 is 5.97 Å². The molecule has 0 spiro atoms. The fraction of sp³-hybridized carbons (Fsp3) is 0.583. The first-order valence-corrected chi connectivity index (χ1v) is 5.25. The molecule has 0 rings (SSSR count). The summed E-state index contributed by atoms with van der Waals surface area (Å²) in [5, 5.41) is 0. The SMILES string of the molecule is C=CCOCOC(=O)C(=C)CCCCC. The Balaban J connectivity index is 3.51. The minimum Gasteiger partial charge on any atom is -0.435 e. The van der Waals surface area contributed by atoms with E-state index in [0.717, 1.165) is 19.3 Å². The molecular weight excluding hydrogens is 192 g/mol. The average molecular weight is 212 g/mol. The number of ether oxygens (including phenoxy) is 2. The highest BCUT2D eigenvalue weighted by atomic mass is 16.7. The largest absolute Gasteiger partial charge is 0.435 e. The molecule has 3 nitrogen and oxygen atoms in total. The van der Waals surface area contributed by atoms with Crippen LogP contribution in [0.5, 0.6) is 0 Å². The fourth-order valence-electron chi connectivity index (χ4n) is 1.02. The second-order valence-electron chi connectivity index (χ2n) is 3.27. The zero-order valence-corrected chi connectivity index (χ0v) is 9.46. The maximum atomic E-state index is 11.3. The Kier molecular flexibility index (Phi) is 8.78. The summed E-state index contributed by atoms with van der Waals surface area (Å²) in [7, 11) is 0. The van der Waals surface area contributed by atoms with Crippen LogP contribution in [0.2, 0.25) is 0 Å². The summed E-state index contributed by atoms with van der Waals surface area (Å²) in [4.78, 5) is 11.3. The van der Waals surface area contributed by atoms with Crippen LogP contribution in [0.25, 0.3) is 0 Å². The summed E-state index contributed by atoms with van der Waals surface area (Å²) in [6.07, 6.45) is 5.53. The van der Waals surface area contributed by atoms with Crippen LogP contribution < -0.4 is 0 Å². The molecule has 15 heavy (non-hydrogen) atoms. The van der Waals surface area contributed by atoms with Gasteiger partial charge in [-0.05, 0) is 12.8 Å². The Morgan fingerprint density at radius 2 is 2.13 bits per heavy atom. The quantitative estimate of drug-likeness (QED) is 0.194. The standard InChI is InChI=1S/C12H20O3/c1-4-6-7-8-11(3)12(13)15-10-14-9-5-2/h5H,2-4,6-10H2,1H3. The number of carbonyl (C=O) groups is 1. The van der Waals surface area contributed by atoms with E-state index >= 15 is 0 Å². The Bertz CT molecular complexity index is 209. The third kappa shape index (κ3) is 7.94. The fourth-order valence-corrected chi connectivity index (χ4v) is 1.02. The predicted octanol–water partition coefficient (Wildman–Crippen LogP) is 2.83. The summed E-state index contributed by atoms with van der Waals surface area (Å²) in [5.41, 5.74) is 0.519. The van der Waals surface area contributed by atoms with Crippen molar-refractivity contribution in [3.8, 4) is 0 Å². The molecule has 0 radical (unpaired) electrons. The third-order valence-electron chi connectivity index (χ3n) is 1.88. The second kappa shape index (κ2) is 9.46. The molecule has 3 heteroatoms. The van der Waals surface area contributed by atoms with E-state index in [1.165, 1.54) is 0 Å². The van der Waals surface area contributed by atoms with E-state index in [-0.39, 0.29) is 12.8 Å². The van der Waals surface area contributed by atoms with Gasteiger partial charge in [-0.2, -0.15) is 0 Å². The molecule has 0 aliphatic rings. The molecule has 0 atom stereocenters. The van der Waals surface area contributed by atoms with Crippen LogP contribution in [-0.2, 0) is 14.3 Å². The van der Waals surface area contributed by atoms with Crippen molar-refractivity contribution in [3.63, 3.8) is 0 Å². The van der Waals surface area contributed by atoms with Crippen molar-refractivity contribution in [2.45, 2.75) is 32.6 Å². The van der Waals surface area contributed by atoms with Gasteiger partial charge in [0.2, 0.25) is 0 Å². The van der Waals surface area contributed by atoms with Crippen LogP contribution in [0.15, 0.2) is 24.8 Å². The Labute approximate surface area is 91.8 Å². The van der Waals surface area contributed by atoms with Gasteiger partial charge in [-0.25, -0.2) is 4.79 Å². The lowest BCUT2D eigenvalue weighted by Crippen LogP contribution is -2.10. The van der Waals surface area contributed by atoms with Gasteiger partial charge in [0.25, 0.3) is 0 Å². The first kappa shape index (κ1) is 13.9. The molecular formula is C12H20O3. The maximum Gasteiger partial charge on any atom is 0.335 e. The molecule has 0 aromatic heterocycles. The van der Waals surface area contributed by atoms with Gasteiger partial charge in [-0.15, -0.1) is 6.58 Å². The van der Waals surface area contributed by atoms with Crippen LogP contribution in [0.4, 0.5) is 0 Å². The lowest BCUT2D eigenvalue weighted by molar-refractivity contribution is -0.150. The van der Waals surface area contributed by atoms with Gasteiger partial charge in [0, 0.05) is 5.57 Å². The summed E-state index contributed by atoms with van der Waals surface area (Å²) >= 11 is 0. The van der Waals surface area contributed by atoms with Crippen molar-refractivity contribution in [1.29, 1.82) is 0 Å². The molecule has 0 aliphatic heterocycles. The average Bonchev–Trinajstić information content (AvgIpc) is 2.24. The topological polar surface area (TPSA) is 35.5 Å². The molecule has 0 aromatic carbocycles. The maximum absolute atomic E-state index is 11.3. The van der Waals surface area contributed by atoms with E-state index in [0.29, 0.717) is 18.6 Å². The van der Waals surface area contributed by atoms with Gasteiger partial charge in [-0.3, -0.25) is 0 Å². The van der Waals surface area contributed by atoms with Gasteiger partial charge < -0.3 is 9.47 Å². The molecule has 0 heterocycles. The highest BCUT2D eigenvalue weighted by Gasteiger charge is 2.07. The molecule has 0 aromatic rings. The summed E-state index contributed by atoms with van der Waals surface area (Å²) < 4.78 is 9.76. The Hall–Kier alpha value is -1.09. The molecule has 0 amide bonds. The van der Waals surface area contributed by atoms with Crippen LogP contribution in [0.1, 0.15) is 32.6 Å². The lowest BCUT2D eigenvalue weighted by Gasteiger charge is -2.06. The van der Waals surface area contributed by atoms with Gasteiger partial charge in [0.15, 0.2) is 6.79 Å². The van der Waals surface area contributed by atoms with Crippen molar-refractivity contribution in [2.75, 3.05) is 13.4 Å². The van der Waals surface area contributed by atoms with E-state index < -0.39 is 0 Å². The number of hydrogen-bond acceptors (Lipinski definition) is 3. The van der Waals surface area contributed by atoms with Crippen molar-refractivity contribution in [3.05, 3.63) is 24.8 Å². The molecule has 0 fully saturated rings. The zero-order valence-electron chi connectivity index (χ0n) is 9.46. The summed E-state index contributed by atoms with van der Waals surface area (Å²) in [6.45, 7) is 9.62. The van der Waals surface area contributed by atoms with Crippen molar-refractivity contribution < 1.29 is 14.3 Å². The van der Waals surface area contributed by atoms with E-state index in [9.17, 15) is 4.79 Å². The van der Waals surface area contributed by atoms with E-state index in [1.54, 1.807) is 6.08 Å². The summed E-state index contributed by atoms with van der Waals surface area (Å²) in [5.74, 6) is -0.366. The zero-order chi connectivity index (χ0) is 11.5. The number of carbonyl (C=O) groups excluding carboxylic acids is 1. The van der Waals surface area contributed by atoms with Crippen molar-refractivity contribution in [2.24, 2.45) is 0 Å². The minimum atomic E-state index is -0.366. The van der Waals surface area contributed by atoms with E-state index in [4.69, 9.17) is 9.47 Å². The highest BCUT2D eigenvalue weighted by molar-refractivity contribution is 5.87. The van der Waals surface area contributed by atoms with Crippen molar-refractivity contribution in [1.82, 2.24) is 0 Å². The van der Waals surface area contributed by atoms with Gasteiger partial charge >= 0.3 is 5.97 Å². The third-order valence-corrected chi connectivity index (χ3v) is 1.88. The van der Waals surface area contributed by atoms with Gasteiger partial charge in [0.05, 0.1) is 6.61 Å². The predicted molar refractivity (Wildman–Crippen MR) is 60.4 cm³/mol. The molecule has 0 saturated carbocycles. The van der Waals surface area contributed by atoms with Crippen LogP contribution in [0, 0.1) is 0 Å². The van der Waals surface area contributed by atoms with Gasteiger partial charge in [-0.1, -0.05) is 32.4 Å². The molecule has 86 valence electrons. The second-order valence-corrected chi connectivity index (χ2v) is 3.27. The van der Waals surface area contributed by atoms with E-state index in [1.807, 2.05) is 0 Å². The normalized spacial score (nSPS) is 9.67. The van der Waals surface area contributed by atoms with E-state index in [2.05, 4.69) is 20.1 Å². The van der Waals surface area contributed by atoms with Crippen LogP contribution in [-0.4, -0.2) is 19.4 Å². The molecule has 0 saturated heterocycles. The highest BCUT2D eigenvalue weighted by Crippen LogP contribution is 2.08. The molecule has 0 N–H and O–H groups in total. The molecule has 0 unspecified atom stereocenters. The number of rotatable bonds is 9. The van der Waals surface area contributed by atoms with Crippen LogP contribution in [0.3, 0.4) is 0 Å². The smallest absolute Gasteiger partial charge is 0.335 e. The summed E-state index contributed by atoms with van der Waals surface area (Å²) in [6, 6.07) is 0. The number of unbranched alkanes of at least 4 members (excludes halogenated alkanes) is 2. The Morgan fingerprint density at radius 1 is 1.40 bits per heavy atom. The molecule has 0 aliphatic carbocycles. The minimum absolute atomic E-state index is 0.0301. The lowest BCUT2D eigenvalue weighted by atomic mass is 10.1.